The number of nitrogens with zero attached hydrogens (tertiary/aromatic N) is 1. The molecule has 2 heterocycles. The number of rotatable bonds is 8. The standard InChI is InChI=1S/C37H62NO4/c1-8-38(9-2,10-3)21-11-12-33(39)41-28-16-18-35(6)27(22-28)13-14-29-30(35)17-19-36(7)31(29)23-32-34(36)26(5)37(42-32)20-15-25(4)24-40-37/h13,25-26,28-32,34H,8-12,14-24H2,1-7H3/q+1/t25-,26-,28-,29+,30-,31-,32-,34-,35-,36-,37-/m0/s1. The van der Waals surface area contributed by atoms with Crippen LogP contribution in [0, 0.1) is 46.3 Å². The van der Waals surface area contributed by atoms with Crippen LogP contribution in [0.3, 0.4) is 0 Å². The monoisotopic (exact) mass is 584 g/mol. The van der Waals surface area contributed by atoms with E-state index in [0.29, 0.717) is 35.7 Å². The van der Waals surface area contributed by atoms with Crippen molar-refractivity contribution in [3.05, 3.63) is 11.6 Å². The second-order valence-corrected chi connectivity index (χ2v) is 16.2. The molecule has 3 saturated carbocycles. The Labute approximate surface area is 257 Å². The summed E-state index contributed by atoms with van der Waals surface area (Å²) in [6, 6.07) is 0. The predicted molar refractivity (Wildman–Crippen MR) is 168 cm³/mol. The molecule has 5 fully saturated rings. The van der Waals surface area contributed by atoms with Gasteiger partial charge >= 0.3 is 5.97 Å². The van der Waals surface area contributed by atoms with Gasteiger partial charge in [-0.2, -0.15) is 0 Å². The van der Waals surface area contributed by atoms with Gasteiger partial charge in [0.2, 0.25) is 0 Å². The Bertz CT molecular complexity index is 1020. The minimum absolute atomic E-state index is 0.0218. The van der Waals surface area contributed by atoms with Crippen molar-refractivity contribution in [2.24, 2.45) is 46.3 Å². The first-order valence-electron chi connectivity index (χ1n) is 18.1. The molecule has 5 nitrogen and oxygen atoms in total. The average molecular weight is 585 g/mol. The number of hydrogen-bond donors (Lipinski definition) is 0. The number of carbonyl (C=O) groups excluding carboxylic acids is 1. The minimum Gasteiger partial charge on any atom is -0.462 e. The normalized spacial score (nSPS) is 46.4. The Morgan fingerprint density at radius 3 is 2.48 bits per heavy atom. The third-order valence-electron chi connectivity index (χ3n) is 14.6. The first-order chi connectivity index (χ1) is 20.0. The molecule has 0 radical (unpaired) electrons. The lowest BCUT2D eigenvalue weighted by Crippen LogP contribution is -2.52. The summed E-state index contributed by atoms with van der Waals surface area (Å²) in [4.78, 5) is 12.9. The van der Waals surface area contributed by atoms with Gasteiger partial charge in [-0.05, 0) is 106 Å². The molecule has 6 aliphatic rings. The Balaban J connectivity index is 1.08. The number of ether oxygens (including phenoxy) is 3. The largest absolute Gasteiger partial charge is 0.462 e. The number of quaternary nitrogens is 1. The second kappa shape index (κ2) is 11.5. The van der Waals surface area contributed by atoms with Crippen LogP contribution < -0.4 is 0 Å². The van der Waals surface area contributed by atoms with Gasteiger partial charge < -0.3 is 18.7 Å². The fourth-order valence-corrected chi connectivity index (χ4v) is 11.7. The zero-order valence-electron chi connectivity index (χ0n) is 28.1. The number of esters is 1. The smallest absolute Gasteiger partial charge is 0.306 e. The molecule has 11 atom stereocenters. The summed E-state index contributed by atoms with van der Waals surface area (Å²) in [5, 5.41) is 0. The van der Waals surface area contributed by atoms with Gasteiger partial charge in [-0.15, -0.1) is 0 Å². The summed E-state index contributed by atoms with van der Waals surface area (Å²) < 4.78 is 20.7. The second-order valence-electron chi connectivity index (χ2n) is 16.2. The highest BCUT2D eigenvalue weighted by molar-refractivity contribution is 5.69. The van der Waals surface area contributed by atoms with Crippen molar-refractivity contribution in [2.75, 3.05) is 32.8 Å². The van der Waals surface area contributed by atoms with Crippen molar-refractivity contribution in [1.29, 1.82) is 0 Å². The lowest BCUT2D eigenvalue weighted by Gasteiger charge is -2.58. The molecule has 2 aliphatic heterocycles. The van der Waals surface area contributed by atoms with Crippen LogP contribution in [0.4, 0.5) is 0 Å². The van der Waals surface area contributed by atoms with Gasteiger partial charge in [-0.3, -0.25) is 4.79 Å². The van der Waals surface area contributed by atoms with E-state index in [4.69, 9.17) is 14.2 Å². The van der Waals surface area contributed by atoms with Crippen molar-refractivity contribution in [3.63, 3.8) is 0 Å². The highest BCUT2D eigenvalue weighted by Crippen LogP contribution is 2.70. The Kier molecular flexibility index (Phi) is 8.49. The maximum atomic E-state index is 12.9. The fourth-order valence-electron chi connectivity index (χ4n) is 11.7. The molecule has 0 aromatic carbocycles. The molecule has 5 heteroatoms. The topological polar surface area (TPSA) is 44.8 Å². The van der Waals surface area contributed by atoms with E-state index >= 15 is 0 Å². The van der Waals surface area contributed by atoms with E-state index in [-0.39, 0.29) is 23.3 Å². The molecule has 0 aromatic rings. The van der Waals surface area contributed by atoms with E-state index in [0.717, 1.165) is 87.1 Å². The summed E-state index contributed by atoms with van der Waals surface area (Å²) >= 11 is 0. The molecule has 6 rings (SSSR count). The number of allylic oxidation sites excluding steroid dienone is 1. The van der Waals surface area contributed by atoms with E-state index < -0.39 is 0 Å². The van der Waals surface area contributed by atoms with Crippen molar-refractivity contribution in [2.45, 2.75) is 137 Å². The Morgan fingerprint density at radius 1 is 1.02 bits per heavy atom. The lowest BCUT2D eigenvalue weighted by atomic mass is 9.47. The molecule has 4 aliphatic carbocycles. The third kappa shape index (κ3) is 4.95. The van der Waals surface area contributed by atoms with Crippen LogP contribution >= 0.6 is 0 Å². The lowest BCUT2D eigenvalue weighted by molar-refractivity contribution is -0.923. The van der Waals surface area contributed by atoms with Crippen LogP contribution in [-0.2, 0) is 19.0 Å². The van der Waals surface area contributed by atoms with Gasteiger partial charge in [0, 0.05) is 25.2 Å². The predicted octanol–water partition coefficient (Wildman–Crippen LogP) is 7.92. The van der Waals surface area contributed by atoms with E-state index in [1.807, 2.05) is 0 Å². The number of carbonyl (C=O) groups is 1. The molecule has 0 amide bonds. The fraction of sp³-hybridized carbons (Fsp3) is 0.919. The van der Waals surface area contributed by atoms with Gasteiger partial charge in [0.1, 0.15) is 6.10 Å². The molecule has 0 N–H and O–H groups in total. The summed E-state index contributed by atoms with van der Waals surface area (Å²) in [5.41, 5.74) is 2.22. The molecular weight excluding hydrogens is 522 g/mol. The average Bonchev–Trinajstić information content (AvgIpc) is 3.43. The van der Waals surface area contributed by atoms with Crippen LogP contribution in [0.1, 0.15) is 119 Å². The van der Waals surface area contributed by atoms with E-state index in [9.17, 15) is 4.79 Å². The maximum absolute atomic E-state index is 12.9. The van der Waals surface area contributed by atoms with Gasteiger partial charge in [0.05, 0.1) is 45.3 Å². The van der Waals surface area contributed by atoms with Crippen molar-refractivity contribution >= 4 is 5.97 Å². The van der Waals surface area contributed by atoms with Crippen molar-refractivity contribution in [1.82, 2.24) is 0 Å². The van der Waals surface area contributed by atoms with E-state index in [2.05, 4.69) is 54.5 Å². The summed E-state index contributed by atoms with van der Waals surface area (Å²) in [6.07, 6.45) is 15.1. The van der Waals surface area contributed by atoms with Crippen LogP contribution in [-0.4, -0.2) is 61.2 Å². The quantitative estimate of drug-likeness (QED) is 0.165. The molecule has 2 saturated heterocycles. The molecule has 1 spiro atoms. The highest BCUT2D eigenvalue weighted by atomic mass is 16.7. The molecule has 238 valence electrons. The Morgan fingerprint density at radius 2 is 1.79 bits per heavy atom. The molecule has 0 unspecified atom stereocenters. The minimum atomic E-state index is -0.321. The SMILES string of the molecule is CC[N+](CC)(CC)CCCC(=O)O[C@H]1CC[C@@]2(C)C(=CC[C@H]3[C@@H]4C[C@@H]5O[C@@]6(CC[C@H](C)CO6)[C@@H](C)[C@@H]5[C@@]4(C)CC[C@@H]32)C1. The maximum Gasteiger partial charge on any atom is 0.306 e. The van der Waals surface area contributed by atoms with Crippen molar-refractivity contribution in [3.8, 4) is 0 Å². The molecule has 0 aromatic heterocycles. The molecule has 42 heavy (non-hydrogen) atoms. The summed E-state index contributed by atoms with van der Waals surface area (Å²) in [5.74, 6) is 3.73. The van der Waals surface area contributed by atoms with Gasteiger partial charge in [0.15, 0.2) is 5.79 Å². The molecular formula is C37H62NO4+. The first kappa shape index (κ1) is 31.1. The van der Waals surface area contributed by atoms with Gasteiger partial charge in [-0.25, -0.2) is 0 Å². The zero-order valence-corrected chi connectivity index (χ0v) is 28.1. The Hall–Kier alpha value is -0.910. The van der Waals surface area contributed by atoms with Crippen molar-refractivity contribution < 1.29 is 23.5 Å². The van der Waals surface area contributed by atoms with Crippen LogP contribution in [0.25, 0.3) is 0 Å². The molecule has 0 bridgehead atoms. The van der Waals surface area contributed by atoms with Gasteiger partial charge in [-0.1, -0.05) is 39.3 Å². The zero-order chi connectivity index (χ0) is 29.9. The summed E-state index contributed by atoms with van der Waals surface area (Å²) in [7, 11) is 0. The number of fused-ring (bicyclic) bond motifs is 7. The van der Waals surface area contributed by atoms with Crippen LogP contribution in [0.2, 0.25) is 0 Å². The van der Waals surface area contributed by atoms with Crippen LogP contribution in [0.5, 0.6) is 0 Å². The van der Waals surface area contributed by atoms with E-state index in [1.54, 1.807) is 5.57 Å². The summed E-state index contributed by atoms with van der Waals surface area (Å²) in [6.45, 7) is 22.1. The van der Waals surface area contributed by atoms with E-state index in [1.165, 1.54) is 32.1 Å². The first-order valence-corrected chi connectivity index (χ1v) is 18.1. The van der Waals surface area contributed by atoms with Crippen LogP contribution in [0.15, 0.2) is 11.6 Å². The van der Waals surface area contributed by atoms with Gasteiger partial charge in [0.25, 0.3) is 0 Å². The third-order valence-corrected chi connectivity index (χ3v) is 14.6. The highest BCUT2D eigenvalue weighted by Gasteiger charge is 2.68. The number of hydrogen-bond acceptors (Lipinski definition) is 4.